The predicted octanol–water partition coefficient (Wildman–Crippen LogP) is 1.52. The lowest BCUT2D eigenvalue weighted by atomic mass is 9.98. The third-order valence-electron chi connectivity index (χ3n) is 3.63. The van der Waals surface area contributed by atoms with Gasteiger partial charge in [0.1, 0.15) is 0 Å². The van der Waals surface area contributed by atoms with Crippen molar-refractivity contribution in [2.45, 2.75) is 25.8 Å². The van der Waals surface area contributed by atoms with Gasteiger partial charge in [0.2, 0.25) is 5.91 Å². The molecule has 6 nitrogen and oxygen atoms in total. The summed E-state index contributed by atoms with van der Waals surface area (Å²) in [4.78, 5) is 24.6. The molecular weight excluding hydrogens is 258 g/mol. The Morgan fingerprint density at radius 2 is 2.30 bits per heavy atom. The fraction of sp³-hybridized carbons (Fsp3) is 0.500. The summed E-state index contributed by atoms with van der Waals surface area (Å²) in [6, 6.07) is 6.59. The Morgan fingerprint density at radius 3 is 2.95 bits per heavy atom. The van der Waals surface area contributed by atoms with Crippen LogP contribution in [-0.2, 0) is 4.79 Å². The number of rotatable bonds is 3. The van der Waals surface area contributed by atoms with Gasteiger partial charge in [0.25, 0.3) is 5.69 Å². The number of piperazine rings is 1. The number of non-ortho nitro benzene ring substituents is 1. The lowest BCUT2D eigenvalue weighted by Gasteiger charge is -2.33. The second-order valence-electron chi connectivity index (χ2n) is 5.21. The molecule has 1 amide bonds. The average molecular weight is 277 g/mol. The number of carbonyl (C=O) groups is 1. The van der Waals surface area contributed by atoms with Crippen LogP contribution in [0.3, 0.4) is 0 Å². The first-order valence-electron chi connectivity index (χ1n) is 6.75. The van der Waals surface area contributed by atoms with E-state index in [9.17, 15) is 14.9 Å². The second-order valence-corrected chi connectivity index (χ2v) is 5.21. The van der Waals surface area contributed by atoms with Crippen molar-refractivity contribution in [2.75, 3.05) is 19.6 Å². The minimum atomic E-state index is -0.437. The summed E-state index contributed by atoms with van der Waals surface area (Å²) in [6.45, 7) is 5.99. The molecule has 1 aromatic rings. The number of nitrogens with zero attached hydrogens (tertiary/aromatic N) is 2. The molecule has 0 bridgehead atoms. The maximum Gasteiger partial charge on any atom is 0.269 e. The van der Waals surface area contributed by atoms with Crippen LogP contribution < -0.4 is 5.32 Å². The third kappa shape index (κ3) is 3.14. The van der Waals surface area contributed by atoms with Gasteiger partial charge < -0.3 is 10.2 Å². The zero-order valence-corrected chi connectivity index (χ0v) is 11.7. The molecule has 6 heteroatoms. The standard InChI is InChI=1S/C14H19N3O3/c1-10-9-16(7-6-15-10)14(18)11(2)12-4-3-5-13(8-12)17(19)20/h3-5,8,10-11,15H,6-7,9H2,1-2H3. The van der Waals surface area contributed by atoms with Crippen molar-refractivity contribution in [1.82, 2.24) is 10.2 Å². The number of hydrogen-bond donors (Lipinski definition) is 1. The molecular formula is C14H19N3O3. The van der Waals surface area contributed by atoms with Crippen molar-refractivity contribution < 1.29 is 9.72 Å². The highest BCUT2D eigenvalue weighted by molar-refractivity contribution is 5.83. The van der Waals surface area contributed by atoms with Gasteiger partial charge in [-0.1, -0.05) is 12.1 Å². The van der Waals surface area contributed by atoms with Crippen molar-refractivity contribution in [2.24, 2.45) is 0 Å². The SMILES string of the molecule is CC1CN(C(=O)C(C)c2cccc([N+](=O)[O-])c2)CCN1. The maximum atomic E-state index is 12.5. The van der Waals surface area contributed by atoms with Crippen LogP contribution in [0.1, 0.15) is 25.3 Å². The van der Waals surface area contributed by atoms with Crippen LogP contribution in [-0.4, -0.2) is 41.4 Å². The Hall–Kier alpha value is -1.95. The van der Waals surface area contributed by atoms with Gasteiger partial charge in [-0.15, -0.1) is 0 Å². The van der Waals surface area contributed by atoms with Gasteiger partial charge in [-0.3, -0.25) is 14.9 Å². The molecule has 20 heavy (non-hydrogen) atoms. The lowest BCUT2D eigenvalue weighted by molar-refractivity contribution is -0.384. The molecule has 1 heterocycles. The number of benzene rings is 1. The molecule has 108 valence electrons. The summed E-state index contributed by atoms with van der Waals surface area (Å²) in [7, 11) is 0. The second kappa shape index (κ2) is 6.00. The molecule has 1 fully saturated rings. The number of carbonyl (C=O) groups excluding carboxylic acids is 1. The topological polar surface area (TPSA) is 75.5 Å². The van der Waals surface area contributed by atoms with Gasteiger partial charge in [0.15, 0.2) is 0 Å². The fourth-order valence-corrected chi connectivity index (χ4v) is 2.46. The average Bonchev–Trinajstić information content (AvgIpc) is 2.45. The lowest BCUT2D eigenvalue weighted by Crippen LogP contribution is -2.52. The van der Waals surface area contributed by atoms with E-state index in [1.807, 2.05) is 11.8 Å². The van der Waals surface area contributed by atoms with Gasteiger partial charge >= 0.3 is 0 Å². The van der Waals surface area contributed by atoms with Crippen LogP contribution in [0.5, 0.6) is 0 Å². The molecule has 0 saturated carbocycles. The number of nitro benzene ring substituents is 1. The summed E-state index contributed by atoms with van der Waals surface area (Å²) in [6.07, 6.45) is 0. The van der Waals surface area contributed by atoms with E-state index in [-0.39, 0.29) is 23.6 Å². The van der Waals surface area contributed by atoms with Gasteiger partial charge in [0, 0.05) is 37.8 Å². The molecule has 0 aliphatic carbocycles. The maximum absolute atomic E-state index is 12.5. The van der Waals surface area contributed by atoms with E-state index in [0.29, 0.717) is 18.7 Å². The molecule has 2 unspecified atom stereocenters. The van der Waals surface area contributed by atoms with E-state index >= 15 is 0 Å². The van der Waals surface area contributed by atoms with Crippen LogP contribution in [0.15, 0.2) is 24.3 Å². The van der Waals surface area contributed by atoms with Crippen molar-refractivity contribution in [3.63, 3.8) is 0 Å². The van der Waals surface area contributed by atoms with E-state index in [1.54, 1.807) is 19.1 Å². The Labute approximate surface area is 117 Å². The van der Waals surface area contributed by atoms with Crippen LogP contribution in [0.4, 0.5) is 5.69 Å². The highest BCUT2D eigenvalue weighted by Crippen LogP contribution is 2.23. The molecule has 1 N–H and O–H groups in total. The first kappa shape index (κ1) is 14.5. The van der Waals surface area contributed by atoms with E-state index in [1.165, 1.54) is 12.1 Å². The highest BCUT2D eigenvalue weighted by Gasteiger charge is 2.26. The first-order valence-corrected chi connectivity index (χ1v) is 6.75. The van der Waals surface area contributed by atoms with Crippen molar-refractivity contribution >= 4 is 11.6 Å². The largest absolute Gasteiger partial charge is 0.339 e. The summed E-state index contributed by atoms with van der Waals surface area (Å²) in [5, 5.41) is 14.1. The zero-order valence-electron chi connectivity index (χ0n) is 11.7. The van der Waals surface area contributed by atoms with E-state index in [0.717, 1.165) is 6.54 Å². The molecule has 0 spiro atoms. The molecule has 0 aromatic heterocycles. The van der Waals surface area contributed by atoms with Gasteiger partial charge in [-0.2, -0.15) is 0 Å². The zero-order chi connectivity index (χ0) is 14.7. The van der Waals surface area contributed by atoms with E-state index in [2.05, 4.69) is 5.32 Å². The smallest absolute Gasteiger partial charge is 0.269 e. The summed E-state index contributed by atoms with van der Waals surface area (Å²) in [5.74, 6) is -0.334. The van der Waals surface area contributed by atoms with Crippen LogP contribution in [0.2, 0.25) is 0 Å². The quantitative estimate of drug-likeness (QED) is 0.671. The molecule has 1 aliphatic heterocycles. The molecule has 1 saturated heterocycles. The Bertz CT molecular complexity index is 518. The highest BCUT2D eigenvalue weighted by atomic mass is 16.6. The number of nitrogens with one attached hydrogen (secondary N) is 1. The Balaban J connectivity index is 2.13. The molecule has 1 aromatic carbocycles. The van der Waals surface area contributed by atoms with Gasteiger partial charge in [-0.05, 0) is 19.4 Å². The summed E-state index contributed by atoms with van der Waals surface area (Å²) < 4.78 is 0. The summed E-state index contributed by atoms with van der Waals surface area (Å²) in [5.41, 5.74) is 0.714. The van der Waals surface area contributed by atoms with Crippen LogP contribution >= 0.6 is 0 Å². The van der Waals surface area contributed by atoms with Gasteiger partial charge in [0.05, 0.1) is 10.8 Å². The van der Waals surface area contributed by atoms with Crippen LogP contribution in [0, 0.1) is 10.1 Å². The number of nitro groups is 1. The third-order valence-corrected chi connectivity index (χ3v) is 3.63. The first-order chi connectivity index (χ1) is 9.49. The van der Waals surface area contributed by atoms with Crippen molar-refractivity contribution in [3.05, 3.63) is 39.9 Å². The monoisotopic (exact) mass is 277 g/mol. The number of amides is 1. The molecule has 2 rings (SSSR count). The Morgan fingerprint density at radius 1 is 1.55 bits per heavy atom. The molecule has 1 aliphatic rings. The molecule has 0 radical (unpaired) electrons. The van der Waals surface area contributed by atoms with E-state index in [4.69, 9.17) is 0 Å². The fourth-order valence-electron chi connectivity index (χ4n) is 2.46. The van der Waals surface area contributed by atoms with Crippen molar-refractivity contribution in [3.8, 4) is 0 Å². The normalized spacial score (nSPS) is 20.5. The minimum Gasteiger partial charge on any atom is -0.339 e. The minimum absolute atomic E-state index is 0.0239. The summed E-state index contributed by atoms with van der Waals surface area (Å²) >= 11 is 0. The van der Waals surface area contributed by atoms with Crippen LogP contribution in [0.25, 0.3) is 0 Å². The Kier molecular flexibility index (Phi) is 4.34. The number of hydrogen-bond acceptors (Lipinski definition) is 4. The molecule has 2 atom stereocenters. The van der Waals surface area contributed by atoms with E-state index < -0.39 is 4.92 Å². The van der Waals surface area contributed by atoms with Crippen molar-refractivity contribution in [1.29, 1.82) is 0 Å². The predicted molar refractivity (Wildman–Crippen MR) is 75.6 cm³/mol. The van der Waals surface area contributed by atoms with Gasteiger partial charge in [-0.25, -0.2) is 0 Å².